The quantitative estimate of drug-likeness (QED) is 0.547. The van der Waals surface area contributed by atoms with Gasteiger partial charge in [-0.1, -0.05) is 41.9 Å². The molecule has 3 aromatic rings. The fourth-order valence-corrected chi connectivity index (χ4v) is 4.49. The summed E-state index contributed by atoms with van der Waals surface area (Å²) in [5, 5.41) is 10.2. The van der Waals surface area contributed by atoms with Crippen LogP contribution in [0.2, 0.25) is 5.02 Å². The number of carboxylic acid groups (broad SMARTS) is 1. The lowest BCUT2D eigenvalue weighted by Crippen LogP contribution is -2.41. The van der Waals surface area contributed by atoms with Crippen LogP contribution < -0.4 is 4.74 Å². The van der Waals surface area contributed by atoms with Crippen molar-refractivity contribution in [3.05, 3.63) is 88.7 Å². The number of nitrogens with zero attached hydrogens (tertiary/aromatic N) is 1. The normalized spacial score (nSPS) is 17.9. The van der Waals surface area contributed by atoms with Gasteiger partial charge in [0.15, 0.2) is 0 Å². The van der Waals surface area contributed by atoms with Crippen LogP contribution >= 0.6 is 11.6 Å². The van der Waals surface area contributed by atoms with Crippen LogP contribution in [0.15, 0.2) is 66.7 Å². The van der Waals surface area contributed by atoms with Crippen molar-refractivity contribution in [2.45, 2.75) is 24.9 Å². The maximum atomic E-state index is 13.5. The zero-order chi connectivity index (χ0) is 22.8. The Morgan fingerprint density at radius 1 is 1.06 bits per heavy atom. The summed E-state index contributed by atoms with van der Waals surface area (Å²) in [6, 6.07) is 16.8. The van der Waals surface area contributed by atoms with Gasteiger partial charge in [0.2, 0.25) is 0 Å². The summed E-state index contributed by atoms with van der Waals surface area (Å²) in [6.07, 6.45) is 0.860. The number of carbonyl (C=O) groups is 2. The number of hydrogen-bond acceptors (Lipinski definition) is 3. The first-order valence-corrected chi connectivity index (χ1v) is 10.5. The monoisotopic (exact) mass is 453 g/mol. The van der Waals surface area contributed by atoms with E-state index in [2.05, 4.69) is 0 Å². The molecule has 5 nitrogen and oxygen atoms in total. The Labute approximate surface area is 190 Å². The molecule has 1 N–H and O–H groups in total. The molecule has 1 saturated heterocycles. The van der Waals surface area contributed by atoms with E-state index in [4.69, 9.17) is 16.3 Å². The zero-order valence-electron chi connectivity index (χ0n) is 17.3. The van der Waals surface area contributed by atoms with Crippen LogP contribution in [0.4, 0.5) is 4.39 Å². The third-order valence-electron chi connectivity index (χ3n) is 5.78. The van der Waals surface area contributed by atoms with E-state index in [9.17, 15) is 19.1 Å². The molecule has 4 rings (SSSR count). The van der Waals surface area contributed by atoms with Crippen molar-refractivity contribution in [3.63, 3.8) is 0 Å². The van der Waals surface area contributed by atoms with Crippen molar-refractivity contribution in [2.75, 3.05) is 7.11 Å². The third-order valence-corrected chi connectivity index (χ3v) is 6.12. The number of aliphatic carboxylic acids is 1. The maximum absolute atomic E-state index is 13.5. The lowest BCUT2D eigenvalue weighted by atomic mass is 10.0. The number of benzene rings is 3. The number of halogens is 2. The number of carboxylic acids is 1. The van der Waals surface area contributed by atoms with Crippen molar-refractivity contribution >= 4 is 23.5 Å². The van der Waals surface area contributed by atoms with Gasteiger partial charge >= 0.3 is 5.97 Å². The molecule has 0 saturated carbocycles. The van der Waals surface area contributed by atoms with Gasteiger partial charge in [-0.05, 0) is 54.3 Å². The molecule has 1 aliphatic heterocycles. The van der Waals surface area contributed by atoms with E-state index >= 15 is 0 Å². The predicted octanol–water partition coefficient (Wildman–Crippen LogP) is 5.59. The lowest BCUT2D eigenvalue weighted by molar-refractivity contribution is -0.141. The molecule has 0 bridgehead atoms. The van der Waals surface area contributed by atoms with Crippen LogP contribution in [0.25, 0.3) is 11.1 Å². The van der Waals surface area contributed by atoms with Gasteiger partial charge in [-0.3, -0.25) is 4.79 Å². The van der Waals surface area contributed by atoms with Gasteiger partial charge in [0, 0.05) is 22.2 Å². The minimum absolute atomic E-state index is 0.349. The highest BCUT2D eigenvalue weighted by atomic mass is 35.5. The number of methoxy groups -OCH3 is 1. The van der Waals surface area contributed by atoms with E-state index in [1.807, 2.05) is 12.1 Å². The average Bonchev–Trinajstić information content (AvgIpc) is 3.24. The zero-order valence-corrected chi connectivity index (χ0v) is 18.1. The Bertz CT molecular complexity index is 1160. The molecule has 7 heteroatoms. The third kappa shape index (κ3) is 4.06. The Kier molecular flexibility index (Phi) is 6.15. The molecule has 1 heterocycles. The maximum Gasteiger partial charge on any atom is 0.326 e. The molecule has 1 amide bonds. The Hall–Kier alpha value is -3.38. The summed E-state index contributed by atoms with van der Waals surface area (Å²) in [4.78, 5) is 26.7. The van der Waals surface area contributed by atoms with Gasteiger partial charge in [-0.25, -0.2) is 9.18 Å². The van der Waals surface area contributed by atoms with Crippen LogP contribution in [0.3, 0.4) is 0 Å². The molecule has 1 unspecified atom stereocenters. The van der Waals surface area contributed by atoms with Crippen LogP contribution in [0.1, 0.15) is 34.8 Å². The van der Waals surface area contributed by atoms with Gasteiger partial charge in [0.25, 0.3) is 5.91 Å². The molecular formula is C25H21ClFNO4. The van der Waals surface area contributed by atoms with Crippen molar-refractivity contribution in [2.24, 2.45) is 0 Å². The molecule has 0 radical (unpaired) electrons. The molecule has 0 aliphatic carbocycles. The van der Waals surface area contributed by atoms with Gasteiger partial charge < -0.3 is 14.7 Å². The van der Waals surface area contributed by atoms with Crippen LogP contribution in [-0.2, 0) is 4.79 Å². The Balaban J connectivity index is 1.67. The summed E-state index contributed by atoms with van der Waals surface area (Å²) in [5.41, 5.74) is 2.53. The number of rotatable bonds is 5. The molecule has 1 aliphatic rings. The average molecular weight is 454 g/mol. The molecule has 2 atom stereocenters. The van der Waals surface area contributed by atoms with E-state index in [1.165, 1.54) is 24.1 Å². The van der Waals surface area contributed by atoms with Crippen molar-refractivity contribution < 1.29 is 23.8 Å². The fraction of sp³-hybridized carbons (Fsp3) is 0.200. The van der Waals surface area contributed by atoms with Gasteiger partial charge in [-0.2, -0.15) is 0 Å². The van der Waals surface area contributed by atoms with Crippen molar-refractivity contribution in [1.82, 2.24) is 4.90 Å². The van der Waals surface area contributed by atoms with Gasteiger partial charge in [-0.15, -0.1) is 0 Å². The summed E-state index contributed by atoms with van der Waals surface area (Å²) in [5.74, 6) is -1.44. The first-order chi connectivity index (χ1) is 15.4. The van der Waals surface area contributed by atoms with E-state index in [1.54, 1.807) is 42.5 Å². The smallest absolute Gasteiger partial charge is 0.326 e. The first-order valence-electron chi connectivity index (χ1n) is 10.1. The number of amides is 1. The topological polar surface area (TPSA) is 66.8 Å². The predicted molar refractivity (Wildman–Crippen MR) is 119 cm³/mol. The summed E-state index contributed by atoms with van der Waals surface area (Å²) in [7, 11) is 1.46. The highest BCUT2D eigenvalue weighted by Crippen LogP contribution is 2.40. The minimum Gasteiger partial charge on any atom is -0.496 e. The van der Waals surface area contributed by atoms with Crippen LogP contribution in [-0.4, -0.2) is 35.0 Å². The second-order valence-corrected chi connectivity index (χ2v) is 8.01. The van der Waals surface area contributed by atoms with Crippen molar-refractivity contribution in [3.8, 4) is 16.9 Å². The molecule has 3 aromatic carbocycles. The van der Waals surface area contributed by atoms with Crippen LogP contribution in [0, 0.1) is 5.82 Å². The number of hydrogen-bond donors (Lipinski definition) is 1. The lowest BCUT2D eigenvalue weighted by Gasteiger charge is -2.29. The largest absolute Gasteiger partial charge is 0.496 e. The van der Waals surface area contributed by atoms with E-state index < -0.39 is 23.9 Å². The number of carbonyl (C=O) groups excluding carboxylic acids is 1. The van der Waals surface area contributed by atoms with E-state index in [0.29, 0.717) is 34.7 Å². The Morgan fingerprint density at radius 2 is 1.78 bits per heavy atom. The summed E-state index contributed by atoms with van der Waals surface area (Å²) in [6.45, 7) is 0. The second kappa shape index (κ2) is 9.01. The van der Waals surface area contributed by atoms with Crippen LogP contribution in [0.5, 0.6) is 5.75 Å². The summed E-state index contributed by atoms with van der Waals surface area (Å²) >= 11 is 6.35. The number of likely N-dealkylation sites (tertiary alicyclic amines) is 1. The van der Waals surface area contributed by atoms with Crippen molar-refractivity contribution in [1.29, 1.82) is 0 Å². The number of ether oxygens (including phenoxy) is 1. The summed E-state index contributed by atoms with van der Waals surface area (Å²) < 4.78 is 18.8. The molecule has 32 heavy (non-hydrogen) atoms. The van der Waals surface area contributed by atoms with E-state index in [0.717, 1.165) is 11.1 Å². The standard InChI is InChI=1S/C25H21ClFNO4/c1-32-23-14-17(27)10-11-18(23)15-6-8-16(9-7-15)24(29)28-21(12-13-22(28)25(30)31)19-4-2-3-5-20(19)26/h2-11,14,21-22H,12-13H2,1H3,(H,30,31)/t21?,22-/m0/s1. The second-order valence-electron chi connectivity index (χ2n) is 7.60. The first kappa shape index (κ1) is 21.8. The van der Waals surface area contributed by atoms with E-state index in [-0.39, 0.29) is 5.91 Å². The SMILES string of the molecule is COc1cc(F)ccc1-c1ccc(C(=O)N2C(c3ccccc3Cl)CC[C@H]2C(=O)O)cc1. The highest BCUT2D eigenvalue weighted by Gasteiger charge is 2.42. The van der Waals surface area contributed by atoms with Gasteiger partial charge in [0.05, 0.1) is 13.2 Å². The highest BCUT2D eigenvalue weighted by molar-refractivity contribution is 6.31. The fourth-order valence-electron chi connectivity index (χ4n) is 4.23. The molecule has 0 aromatic heterocycles. The minimum atomic E-state index is -1.04. The molecule has 0 spiro atoms. The van der Waals surface area contributed by atoms with Gasteiger partial charge in [0.1, 0.15) is 17.6 Å². The molecule has 1 fully saturated rings. The molecular weight excluding hydrogens is 433 g/mol. The molecule has 164 valence electrons. The Morgan fingerprint density at radius 3 is 2.44 bits per heavy atom.